The molecule has 1 N–H and O–H groups in total. The van der Waals surface area contributed by atoms with Crippen LogP contribution in [0, 0.1) is 0 Å². The van der Waals surface area contributed by atoms with Crippen LogP contribution in [-0.2, 0) is 9.84 Å². The maximum atomic E-state index is 12.4. The van der Waals surface area contributed by atoms with E-state index >= 15 is 0 Å². The van der Waals surface area contributed by atoms with Gasteiger partial charge in [0.2, 0.25) is 0 Å². The van der Waals surface area contributed by atoms with Crippen LogP contribution in [-0.4, -0.2) is 26.6 Å². The van der Waals surface area contributed by atoms with Crippen LogP contribution in [0.5, 0.6) is 0 Å². The van der Waals surface area contributed by atoms with Crippen molar-refractivity contribution in [3.8, 4) is 0 Å². The molecule has 0 heterocycles. The largest absolute Gasteiger partial charge is 0.376 e. The molecule has 0 saturated heterocycles. The van der Waals surface area contributed by atoms with Crippen LogP contribution in [0.1, 0.15) is 13.8 Å². The van der Waals surface area contributed by atoms with Crippen molar-refractivity contribution in [2.75, 3.05) is 11.1 Å². The minimum absolute atomic E-state index is 0.0608. The lowest BCUT2D eigenvalue weighted by Gasteiger charge is -2.17. The summed E-state index contributed by atoms with van der Waals surface area (Å²) in [5, 5.41) is 2.52. The number of alkyl halides is 2. The smallest absolute Gasteiger partial charge is 0.258 e. The predicted molar refractivity (Wildman–Crippen MR) is 63.3 cm³/mol. The highest BCUT2D eigenvalue weighted by atomic mass is 32.2. The van der Waals surface area contributed by atoms with Gasteiger partial charge >= 0.3 is 0 Å². The number of anilines is 1. The summed E-state index contributed by atoms with van der Waals surface area (Å²) in [6.45, 7) is 2.82. The van der Waals surface area contributed by atoms with Crippen molar-refractivity contribution in [2.45, 2.75) is 31.2 Å². The summed E-state index contributed by atoms with van der Waals surface area (Å²) in [5.74, 6) is -0.0608. The van der Waals surface area contributed by atoms with Gasteiger partial charge < -0.3 is 5.32 Å². The van der Waals surface area contributed by atoms with Gasteiger partial charge in [0.25, 0.3) is 6.43 Å². The first-order chi connectivity index (χ1) is 7.88. The first kappa shape index (κ1) is 13.9. The minimum Gasteiger partial charge on any atom is -0.376 e. The van der Waals surface area contributed by atoms with E-state index in [9.17, 15) is 17.2 Å². The Morgan fingerprint density at radius 1 is 1.29 bits per heavy atom. The van der Waals surface area contributed by atoms with Crippen molar-refractivity contribution in [1.29, 1.82) is 0 Å². The zero-order valence-electron chi connectivity index (χ0n) is 9.65. The van der Waals surface area contributed by atoms with Crippen molar-refractivity contribution in [3.63, 3.8) is 0 Å². The Hall–Kier alpha value is -1.17. The number of benzene rings is 1. The second-order valence-corrected chi connectivity index (χ2v) is 5.91. The molecule has 3 nitrogen and oxygen atoms in total. The van der Waals surface area contributed by atoms with Crippen LogP contribution in [0.3, 0.4) is 0 Å². The topological polar surface area (TPSA) is 46.2 Å². The third-order valence-corrected chi connectivity index (χ3v) is 4.15. The van der Waals surface area contributed by atoms with Gasteiger partial charge in [-0.1, -0.05) is 19.1 Å². The van der Waals surface area contributed by atoms with Crippen molar-refractivity contribution in [2.24, 2.45) is 0 Å². The highest BCUT2D eigenvalue weighted by Crippen LogP contribution is 2.23. The van der Waals surface area contributed by atoms with Crippen LogP contribution in [0.15, 0.2) is 29.2 Å². The second-order valence-electron chi connectivity index (χ2n) is 3.67. The molecule has 0 aliphatic carbocycles. The molecule has 1 aromatic carbocycles. The Balaban J connectivity index is 3.09. The number of hydrogen-bond acceptors (Lipinski definition) is 3. The lowest BCUT2D eigenvalue weighted by molar-refractivity contribution is 0.130. The van der Waals surface area contributed by atoms with E-state index in [0.29, 0.717) is 0 Å². The molecule has 17 heavy (non-hydrogen) atoms. The molecule has 6 heteroatoms. The Morgan fingerprint density at radius 3 is 2.41 bits per heavy atom. The molecule has 0 aliphatic rings. The first-order valence-corrected chi connectivity index (χ1v) is 6.90. The normalized spacial score (nSPS) is 13.7. The molecular formula is C11H15F2NO2S. The van der Waals surface area contributed by atoms with E-state index in [-0.39, 0.29) is 16.3 Å². The molecule has 0 aromatic heterocycles. The maximum absolute atomic E-state index is 12.4. The van der Waals surface area contributed by atoms with Crippen molar-refractivity contribution < 1.29 is 17.2 Å². The van der Waals surface area contributed by atoms with Gasteiger partial charge in [-0.3, -0.25) is 0 Å². The number of nitrogens with one attached hydrogen (secondary N) is 1. The van der Waals surface area contributed by atoms with E-state index in [0.717, 1.165) is 0 Å². The molecule has 0 aliphatic heterocycles. The van der Waals surface area contributed by atoms with Gasteiger partial charge in [-0.05, 0) is 19.1 Å². The molecule has 1 rings (SSSR count). The fourth-order valence-electron chi connectivity index (χ4n) is 1.32. The number of sulfone groups is 1. The molecule has 0 fully saturated rings. The average molecular weight is 263 g/mol. The van der Waals surface area contributed by atoms with Crippen LogP contribution >= 0.6 is 0 Å². The van der Waals surface area contributed by atoms with Crippen molar-refractivity contribution in [1.82, 2.24) is 0 Å². The van der Waals surface area contributed by atoms with E-state index in [1.807, 2.05) is 0 Å². The van der Waals surface area contributed by atoms with Gasteiger partial charge in [0, 0.05) is 0 Å². The van der Waals surface area contributed by atoms with Gasteiger partial charge in [-0.15, -0.1) is 0 Å². The van der Waals surface area contributed by atoms with Crippen LogP contribution in [0.4, 0.5) is 14.5 Å². The van der Waals surface area contributed by atoms with Crippen LogP contribution in [0.25, 0.3) is 0 Å². The number of rotatable bonds is 5. The summed E-state index contributed by atoms with van der Waals surface area (Å²) in [4.78, 5) is 0.0648. The third kappa shape index (κ3) is 3.39. The summed E-state index contributed by atoms with van der Waals surface area (Å²) in [6.07, 6.45) is -2.55. The van der Waals surface area contributed by atoms with E-state index in [1.165, 1.54) is 26.0 Å². The molecule has 1 aromatic rings. The minimum atomic E-state index is -3.41. The summed E-state index contributed by atoms with van der Waals surface area (Å²) in [6, 6.07) is 4.99. The number of halogens is 2. The Morgan fingerprint density at radius 2 is 1.88 bits per heavy atom. The molecule has 0 saturated carbocycles. The first-order valence-electron chi connectivity index (χ1n) is 5.25. The SMILES string of the molecule is CCS(=O)(=O)c1ccccc1NC(C)C(F)F. The van der Waals surface area contributed by atoms with Gasteiger partial charge in [-0.25, -0.2) is 17.2 Å². The lowest BCUT2D eigenvalue weighted by Crippen LogP contribution is -2.25. The van der Waals surface area contributed by atoms with Crippen LogP contribution < -0.4 is 5.32 Å². The molecule has 0 bridgehead atoms. The van der Waals surface area contributed by atoms with Gasteiger partial charge in [0.15, 0.2) is 9.84 Å². The van der Waals surface area contributed by atoms with Crippen molar-refractivity contribution >= 4 is 15.5 Å². The molecule has 96 valence electrons. The average Bonchev–Trinajstić information content (AvgIpc) is 2.29. The monoisotopic (exact) mass is 263 g/mol. The Bertz CT molecular complexity index is 474. The predicted octanol–water partition coefficient (Wildman–Crippen LogP) is 2.55. The Labute approximate surface area is 99.8 Å². The molecule has 0 radical (unpaired) electrons. The van der Waals surface area contributed by atoms with Gasteiger partial charge in [0.1, 0.15) is 0 Å². The fraction of sp³-hybridized carbons (Fsp3) is 0.455. The van der Waals surface area contributed by atoms with Crippen LogP contribution in [0.2, 0.25) is 0 Å². The maximum Gasteiger partial charge on any atom is 0.258 e. The Kier molecular flexibility index (Phi) is 4.45. The van der Waals surface area contributed by atoms with Gasteiger partial charge in [-0.2, -0.15) is 0 Å². The zero-order valence-corrected chi connectivity index (χ0v) is 10.5. The summed E-state index contributed by atoms with van der Waals surface area (Å²) in [5.41, 5.74) is 0.224. The van der Waals surface area contributed by atoms with E-state index in [1.54, 1.807) is 12.1 Å². The fourth-order valence-corrected chi connectivity index (χ4v) is 2.38. The molecule has 0 spiro atoms. The molecule has 0 amide bonds. The molecule has 1 atom stereocenters. The summed E-state index contributed by atoms with van der Waals surface area (Å²) in [7, 11) is -3.41. The van der Waals surface area contributed by atoms with E-state index in [4.69, 9.17) is 0 Å². The highest BCUT2D eigenvalue weighted by molar-refractivity contribution is 7.91. The number of para-hydroxylation sites is 1. The standard InChI is InChI=1S/C11H15F2NO2S/c1-3-17(15,16)10-7-5-4-6-9(10)14-8(2)11(12)13/h4-8,11,14H,3H2,1-2H3. The second kappa shape index (κ2) is 5.44. The zero-order chi connectivity index (χ0) is 13.1. The quantitative estimate of drug-likeness (QED) is 0.888. The third-order valence-electron chi connectivity index (χ3n) is 2.36. The molecule has 1 unspecified atom stereocenters. The summed E-state index contributed by atoms with van der Waals surface area (Å²) < 4.78 is 48.3. The van der Waals surface area contributed by atoms with E-state index in [2.05, 4.69) is 5.32 Å². The van der Waals surface area contributed by atoms with Crippen molar-refractivity contribution in [3.05, 3.63) is 24.3 Å². The van der Waals surface area contributed by atoms with Gasteiger partial charge in [0.05, 0.1) is 22.4 Å². The highest BCUT2D eigenvalue weighted by Gasteiger charge is 2.20. The number of hydrogen-bond donors (Lipinski definition) is 1. The molecular weight excluding hydrogens is 248 g/mol. The lowest BCUT2D eigenvalue weighted by atomic mass is 10.2. The summed E-state index contributed by atoms with van der Waals surface area (Å²) >= 11 is 0. The van der Waals surface area contributed by atoms with E-state index < -0.39 is 22.3 Å².